The molecule has 1 atom stereocenters. The van der Waals surface area contributed by atoms with Crippen LogP contribution in [-0.2, 0) is 9.59 Å². The number of Topliss-reactive ketones (excluding diaryl/α,β-unsaturated/α-hetero) is 2. The highest BCUT2D eigenvalue weighted by molar-refractivity contribution is 8.29. The van der Waals surface area contributed by atoms with Crippen LogP contribution in [0.1, 0.15) is 26.3 Å². The van der Waals surface area contributed by atoms with Gasteiger partial charge in [-0.1, -0.05) is 48.2 Å². The molecular formula is C22H21N3O2S2. The molecule has 0 N–H and O–H groups in total. The van der Waals surface area contributed by atoms with Gasteiger partial charge < -0.3 is 4.90 Å². The number of carbonyl (C=O) groups is 2. The Labute approximate surface area is 178 Å². The topological polar surface area (TPSA) is 53.0 Å². The van der Waals surface area contributed by atoms with Crippen LogP contribution >= 0.6 is 23.5 Å². The predicted octanol–water partition coefficient (Wildman–Crippen LogP) is 5.14. The number of hydrazone groups is 1. The fourth-order valence-electron chi connectivity index (χ4n) is 3.52. The highest BCUT2D eigenvalue weighted by Crippen LogP contribution is 2.60. The molecule has 2 heterocycles. The zero-order chi connectivity index (χ0) is 20.8. The van der Waals surface area contributed by atoms with E-state index in [2.05, 4.69) is 4.90 Å². The predicted molar refractivity (Wildman–Crippen MR) is 122 cm³/mol. The Morgan fingerprint density at radius 3 is 2.17 bits per heavy atom. The highest BCUT2D eigenvalue weighted by atomic mass is 32.2. The first-order valence-corrected chi connectivity index (χ1v) is 10.9. The molecule has 0 bridgehead atoms. The van der Waals surface area contributed by atoms with E-state index in [1.165, 1.54) is 30.4 Å². The third-order valence-corrected chi connectivity index (χ3v) is 7.94. The molecule has 0 saturated heterocycles. The average Bonchev–Trinajstić information content (AvgIpc) is 3.21. The van der Waals surface area contributed by atoms with Gasteiger partial charge in [0.25, 0.3) is 0 Å². The molecule has 0 aliphatic carbocycles. The molecule has 0 fully saturated rings. The van der Waals surface area contributed by atoms with Crippen molar-refractivity contribution in [3.8, 4) is 0 Å². The molecule has 0 aromatic heterocycles. The number of ketones is 2. The smallest absolute Gasteiger partial charge is 0.245 e. The summed E-state index contributed by atoms with van der Waals surface area (Å²) >= 11 is 2.84. The average molecular weight is 424 g/mol. The van der Waals surface area contributed by atoms with Crippen LogP contribution < -0.4 is 9.91 Å². The number of aryl methyl sites for hydroxylation is 1. The molecule has 5 nitrogen and oxygen atoms in total. The van der Waals surface area contributed by atoms with E-state index < -0.39 is 4.33 Å². The zero-order valence-electron chi connectivity index (χ0n) is 16.7. The second kappa shape index (κ2) is 7.39. The normalized spacial score (nSPS) is 21.2. The lowest BCUT2D eigenvalue weighted by molar-refractivity contribution is -0.113. The van der Waals surface area contributed by atoms with Crippen molar-refractivity contribution >= 4 is 51.5 Å². The minimum Gasteiger partial charge on any atom is -0.301 e. The number of hydrogen-bond donors (Lipinski definition) is 0. The Bertz CT molecular complexity index is 1060. The molecule has 2 aromatic carbocycles. The van der Waals surface area contributed by atoms with E-state index in [0.29, 0.717) is 9.95 Å². The van der Waals surface area contributed by atoms with Crippen LogP contribution in [0.2, 0.25) is 0 Å². The maximum atomic E-state index is 12.5. The number of benzene rings is 2. The van der Waals surface area contributed by atoms with Crippen molar-refractivity contribution in [3.05, 3.63) is 70.8 Å². The van der Waals surface area contributed by atoms with E-state index in [-0.39, 0.29) is 11.6 Å². The summed E-state index contributed by atoms with van der Waals surface area (Å²) in [5.41, 5.74) is 3.76. The Kier molecular flexibility index (Phi) is 5.04. The summed E-state index contributed by atoms with van der Waals surface area (Å²) in [5, 5.41) is 7.04. The van der Waals surface area contributed by atoms with E-state index >= 15 is 0 Å². The number of rotatable bonds is 4. The molecule has 0 unspecified atom stereocenters. The Hall–Kier alpha value is -2.51. The number of allylic oxidation sites excluding steroid dienone is 2. The molecule has 7 heteroatoms. The molecule has 0 saturated carbocycles. The van der Waals surface area contributed by atoms with Crippen LogP contribution in [0.4, 0.5) is 11.4 Å². The van der Waals surface area contributed by atoms with Gasteiger partial charge in [0.2, 0.25) is 4.33 Å². The van der Waals surface area contributed by atoms with Crippen LogP contribution in [-0.4, -0.2) is 20.9 Å². The van der Waals surface area contributed by atoms with Gasteiger partial charge in [0.05, 0.1) is 10.6 Å². The minimum absolute atomic E-state index is 0.00640. The van der Waals surface area contributed by atoms with Gasteiger partial charge in [0.15, 0.2) is 16.6 Å². The largest absolute Gasteiger partial charge is 0.301 e. The van der Waals surface area contributed by atoms with Crippen molar-refractivity contribution in [2.75, 3.05) is 9.91 Å². The van der Waals surface area contributed by atoms with Gasteiger partial charge in [-0.05, 0) is 56.3 Å². The van der Waals surface area contributed by atoms with Gasteiger partial charge >= 0.3 is 0 Å². The second-order valence-electron chi connectivity index (χ2n) is 6.95. The van der Waals surface area contributed by atoms with Crippen LogP contribution in [0, 0.1) is 6.92 Å². The van der Waals surface area contributed by atoms with Crippen molar-refractivity contribution in [1.82, 2.24) is 0 Å². The Morgan fingerprint density at radius 1 is 0.897 bits per heavy atom. The van der Waals surface area contributed by atoms with E-state index in [9.17, 15) is 9.59 Å². The van der Waals surface area contributed by atoms with Crippen LogP contribution in [0.25, 0.3) is 0 Å². The van der Waals surface area contributed by atoms with E-state index in [4.69, 9.17) is 5.10 Å². The first kappa shape index (κ1) is 19.8. The first-order chi connectivity index (χ1) is 13.8. The zero-order valence-corrected chi connectivity index (χ0v) is 18.3. The summed E-state index contributed by atoms with van der Waals surface area (Å²) in [5.74, 6) is -0.0834. The third kappa shape index (κ3) is 3.18. The fraction of sp³-hybridized carbons (Fsp3) is 0.227. The van der Waals surface area contributed by atoms with Crippen molar-refractivity contribution in [2.45, 2.75) is 32.0 Å². The Balaban J connectivity index is 1.94. The lowest BCUT2D eigenvalue weighted by atomic mass is 10.2. The maximum absolute atomic E-state index is 12.5. The summed E-state index contributed by atoms with van der Waals surface area (Å²) in [4.78, 5) is 27.6. The first-order valence-electron chi connectivity index (χ1n) is 9.25. The molecule has 29 heavy (non-hydrogen) atoms. The number of para-hydroxylation sites is 2. The standard InChI is InChI=1S/C22H21N3O2S2/c1-14-10-8-9-13-19(14)25-22(29-21(23-25)17(4)27)24(18-11-6-5-7-12-18)15(2)20(28-22)16(3)26/h5-13H,1-4H3/t22-/m0/s1. The van der Waals surface area contributed by atoms with Gasteiger partial charge in [0.1, 0.15) is 0 Å². The SMILES string of the molecule is CC(=O)C1=NN(c2ccccc2C)[C@]2(S1)SC(C(C)=O)=C(C)N2c1ccccc1. The van der Waals surface area contributed by atoms with Gasteiger partial charge in [-0.3, -0.25) is 9.59 Å². The monoisotopic (exact) mass is 423 g/mol. The van der Waals surface area contributed by atoms with Gasteiger partial charge in [0, 0.05) is 18.3 Å². The van der Waals surface area contributed by atoms with Crippen molar-refractivity contribution in [1.29, 1.82) is 0 Å². The molecule has 1 spiro atoms. The van der Waals surface area contributed by atoms with Crippen LogP contribution in [0.3, 0.4) is 0 Å². The molecule has 0 amide bonds. The maximum Gasteiger partial charge on any atom is 0.245 e. The molecule has 2 aliphatic rings. The second-order valence-corrected chi connectivity index (χ2v) is 9.55. The molecule has 4 rings (SSSR count). The third-order valence-electron chi connectivity index (χ3n) is 4.85. The van der Waals surface area contributed by atoms with Crippen molar-refractivity contribution < 1.29 is 9.59 Å². The summed E-state index contributed by atoms with van der Waals surface area (Å²) in [6, 6.07) is 17.9. The van der Waals surface area contributed by atoms with E-state index in [0.717, 1.165) is 22.6 Å². The Morgan fingerprint density at radius 2 is 1.55 bits per heavy atom. The number of hydrogen-bond acceptors (Lipinski definition) is 7. The van der Waals surface area contributed by atoms with E-state index in [1.807, 2.05) is 73.5 Å². The summed E-state index contributed by atoms with van der Waals surface area (Å²) in [6.45, 7) is 7.08. The number of anilines is 2. The van der Waals surface area contributed by atoms with Crippen molar-refractivity contribution in [3.63, 3.8) is 0 Å². The van der Waals surface area contributed by atoms with E-state index in [1.54, 1.807) is 6.92 Å². The highest BCUT2D eigenvalue weighted by Gasteiger charge is 2.57. The van der Waals surface area contributed by atoms with Crippen LogP contribution in [0.5, 0.6) is 0 Å². The molecule has 148 valence electrons. The quantitative estimate of drug-likeness (QED) is 0.679. The minimum atomic E-state index is -0.820. The van der Waals surface area contributed by atoms with Crippen molar-refractivity contribution in [2.24, 2.45) is 5.10 Å². The summed E-state index contributed by atoms with van der Waals surface area (Å²) in [6.07, 6.45) is 0. The molecule has 2 aliphatic heterocycles. The van der Waals surface area contributed by atoms with Crippen LogP contribution in [0.15, 0.2) is 70.3 Å². The fourth-order valence-corrected chi connectivity index (χ4v) is 6.46. The van der Waals surface area contributed by atoms with Gasteiger partial charge in [-0.15, -0.1) is 0 Å². The summed E-state index contributed by atoms with van der Waals surface area (Å²) in [7, 11) is 0. The molecule has 2 aromatic rings. The summed E-state index contributed by atoms with van der Waals surface area (Å²) < 4.78 is -0.820. The van der Waals surface area contributed by atoms with Gasteiger partial charge in [-0.2, -0.15) is 5.10 Å². The lowest BCUT2D eigenvalue weighted by Crippen LogP contribution is -2.49. The number of carbonyl (C=O) groups excluding carboxylic acids is 2. The molecular weight excluding hydrogens is 402 g/mol. The number of nitrogens with zero attached hydrogens (tertiary/aromatic N) is 3. The lowest BCUT2D eigenvalue weighted by Gasteiger charge is -2.41. The number of thioether (sulfide) groups is 2. The van der Waals surface area contributed by atoms with Gasteiger partial charge in [-0.25, -0.2) is 5.01 Å². The molecule has 0 radical (unpaired) electrons.